The number of aliphatic hydroxyl groups is 4. The van der Waals surface area contributed by atoms with Crippen LogP contribution < -0.4 is 0 Å². The maximum atomic E-state index is 13.3. The average molecular weight is 495 g/mol. The zero-order chi connectivity index (χ0) is 25.9. The summed E-state index contributed by atoms with van der Waals surface area (Å²) in [7, 11) is 0. The van der Waals surface area contributed by atoms with Gasteiger partial charge in [-0.3, -0.25) is 4.79 Å². The maximum absolute atomic E-state index is 13.3. The predicted octanol–water partition coefficient (Wildman–Crippen LogP) is -0.151. The van der Waals surface area contributed by atoms with Crippen molar-refractivity contribution in [3.63, 3.8) is 0 Å². The van der Waals surface area contributed by atoms with Crippen molar-refractivity contribution in [2.24, 2.45) is 34.5 Å². The van der Waals surface area contributed by atoms with E-state index in [1.165, 1.54) is 13.0 Å². The number of fused-ring (bicyclic) bond motifs is 1. The highest BCUT2D eigenvalue weighted by atomic mass is 16.7. The molecule has 1 spiro atoms. The van der Waals surface area contributed by atoms with Crippen LogP contribution in [0, 0.1) is 34.5 Å². The maximum Gasteiger partial charge on any atom is 0.348 e. The third-order valence-electron chi connectivity index (χ3n) is 9.99. The minimum atomic E-state index is -2.12. The van der Waals surface area contributed by atoms with E-state index in [1.807, 2.05) is 0 Å². The molecule has 0 aromatic heterocycles. The number of carbonyl (C=O) groups is 3. The van der Waals surface area contributed by atoms with Gasteiger partial charge in [0.15, 0.2) is 17.2 Å². The van der Waals surface area contributed by atoms with E-state index in [0.29, 0.717) is 5.57 Å². The fraction of sp³-hybridized carbons (Fsp3) is 0.800. The van der Waals surface area contributed by atoms with Crippen LogP contribution in [-0.4, -0.2) is 80.6 Å². The molecule has 2 saturated carbocycles. The van der Waals surface area contributed by atoms with Crippen molar-refractivity contribution in [2.45, 2.75) is 83.3 Å². The van der Waals surface area contributed by atoms with Gasteiger partial charge in [0.2, 0.25) is 6.10 Å². The Morgan fingerprint density at radius 1 is 1.31 bits per heavy atom. The molecule has 2 unspecified atom stereocenters. The lowest BCUT2D eigenvalue weighted by Gasteiger charge is -2.68. The zero-order valence-corrected chi connectivity index (χ0v) is 20.6. The Balaban J connectivity index is 1.69. The van der Waals surface area contributed by atoms with Crippen molar-refractivity contribution < 1.29 is 49.0 Å². The summed E-state index contributed by atoms with van der Waals surface area (Å²) in [5, 5.41) is 44.8. The number of ether oxygens (including phenoxy) is 3. The summed E-state index contributed by atoms with van der Waals surface area (Å²) in [6.07, 6.45) is -3.51. The van der Waals surface area contributed by atoms with Crippen molar-refractivity contribution >= 4 is 17.7 Å². The Kier molecular flexibility index (Phi) is 5.21. The van der Waals surface area contributed by atoms with Crippen molar-refractivity contribution in [3.8, 4) is 0 Å². The predicted molar refractivity (Wildman–Crippen MR) is 117 cm³/mol. The molecular weight excluding hydrogens is 460 g/mol. The zero-order valence-electron chi connectivity index (χ0n) is 20.6. The van der Waals surface area contributed by atoms with Crippen molar-refractivity contribution in [2.75, 3.05) is 6.61 Å². The van der Waals surface area contributed by atoms with E-state index in [9.17, 15) is 34.8 Å². The second-order valence-electron chi connectivity index (χ2n) is 11.6. The summed E-state index contributed by atoms with van der Waals surface area (Å²) in [4.78, 5) is 38.8. The van der Waals surface area contributed by atoms with E-state index >= 15 is 0 Å². The molecule has 2 bridgehead atoms. The molecule has 194 valence electrons. The Morgan fingerprint density at radius 3 is 2.60 bits per heavy atom. The van der Waals surface area contributed by atoms with E-state index in [2.05, 4.69) is 0 Å². The summed E-state index contributed by atoms with van der Waals surface area (Å²) in [6, 6.07) is 0. The normalized spacial score (nSPS) is 52.0. The van der Waals surface area contributed by atoms with Crippen LogP contribution in [0.25, 0.3) is 0 Å². The van der Waals surface area contributed by atoms with Crippen LogP contribution >= 0.6 is 0 Å². The van der Waals surface area contributed by atoms with Gasteiger partial charge in [-0.15, -0.1) is 0 Å². The number of allylic oxidation sites excluding steroid dienone is 1. The van der Waals surface area contributed by atoms with E-state index in [-0.39, 0.29) is 19.4 Å². The molecular formula is C25H34O10. The molecule has 0 aromatic rings. The van der Waals surface area contributed by atoms with Gasteiger partial charge in [0.05, 0.1) is 6.61 Å². The topological polar surface area (TPSA) is 160 Å². The van der Waals surface area contributed by atoms with Gasteiger partial charge in [-0.1, -0.05) is 26.3 Å². The molecule has 10 nitrogen and oxygen atoms in total. The van der Waals surface area contributed by atoms with Gasteiger partial charge in [-0.25, -0.2) is 9.59 Å². The molecule has 10 heteroatoms. The molecule has 2 heterocycles. The van der Waals surface area contributed by atoms with Gasteiger partial charge in [-0.05, 0) is 44.6 Å². The minimum Gasteiger partial charge on any atom is -0.459 e. The van der Waals surface area contributed by atoms with Crippen LogP contribution in [0.4, 0.5) is 0 Å². The van der Waals surface area contributed by atoms with Crippen LogP contribution in [0.5, 0.6) is 0 Å². The monoisotopic (exact) mass is 494 g/mol. The quantitative estimate of drug-likeness (QED) is 0.389. The first-order valence-corrected chi connectivity index (χ1v) is 12.3. The summed E-state index contributed by atoms with van der Waals surface area (Å²) in [5.74, 6) is -7.47. The van der Waals surface area contributed by atoms with Gasteiger partial charge in [-0.2, -0.15) is 0 Å². The Hall–Kier alpha value is -1.85. The highest BCUT2D eigenvalue weighted by molar-refractivity contribution is 5.96. The fourth-order valence-electron chi connectivity index (χ4n) is 8.12. The standard InChI is InChI=1S/C25H34O10/c1-6-22(4,31)21(30)35-16-15-11(3)17(27)25(32)20-23(5)12(10(2)7-13(26)18(23)28)8-14(34-19(16)29)24(15,20)9-33-25/h7,11-12,14-18,20,27-28,31-32H,6,8-9H2,1-5H3/t11-,12+,14-,15-,16-,17-,18-,20+,22?,23-,24?,25-/m1/s1. The van der Waals surface area contributed by atoms with Crippen molar-refractivity contribution in [1.29, 1.82) is 0 Å². The summed E-state index contributed by atoms with van der Waals surface area (Å²) < 4.78 is 17.4. The Labute approximate surface area is 203 Å². The van der Waals surface area contributed by atoms with Crippen LogP contribution in [0.2, 0.25) is 0 Å². The van der Waals surface area contributed by atoms with Gasteiger partial charge in [0.25, 0.3) is 0 Å². The third kappa shape index (κ3) is 2.80. The van der Waals surface area contributed by atoms with Crippen molar-refractivity contribution in [1.82, 2.24) is 0 Å². The van der Waals surface area contributed by atoms with Gasteiger partial charge < -0.3 is 34.6 Å². The number of carbonyl (C=O) groups excluding carboxylic acids is 3. The van der Waals surface area contributed by atoms with Crippen LogP contribution in [0.1, 0.15) is 47.5 Å². The molecule has 0 amide bonds. The number of rotatable bonds is 3. The molecule has 2 saturated heterocycles. The van der Waals surface area contributed by atoms with E-state index < -0.39 is 88.0 Å². The molecule has 5 rings (SSSR count). The van der Waals surface area contributed by atoms with E-state index in [0.717, 1.165) is 0 Å². The lowest BCUT2D eigenvalue weighted by molar-refractivity contribution is -0.340. The second-order valence-corrected chi connectivity index (χ2v) is 11.6. The highest BCUT2D eigenvalue weighted by Crippen LogP contribution is 2.73. The van der Waals surface area contributed by atoms with Crippen LogP contribution in [0.3, 0.4) is 0 Å². The number of esters is 2. The molecule has 0 radical (unpaired) electrons. The molecule has 3 aliphatic carbocycles. The van der Waals surface area contributed by atoms with Gasteiger partial charge in [0, 0.05) is 22.7 Å². The number of ketones is 1. The molecule has 5 aliphatic rings. The van der Waals surface area contributed by atoms with E-state index in [4.69, 9.17) is 14.2 Å². The smallest absolute Gasteiger partial charge is 0.348 e. The molecule has 12 atom stereocenters. The van der Waals surface area contributed by atoms with Crippen molar-refractivity contribution in [3.05, 3.63) is 11.6 Å². The SMILES string of the molecule is CCC(C)(O)C(=O)O[C@H]1C(=O)O[C@@H]2C[C@H]3C(C)=CC(=O)[C@@H](O)[C@]3(C)[C@H]3C24CO[C@]3(O)[C@H](O)[C@H](C)[C@H]14. The lowest BCUT2D eigenvalue weighted by Crippen LogP contribution is -2.78. The summed E-state index contributed by atoms with van der Waals surface area (Å²) in [6.45, 7) is 7.88. The molecule has 4 N–H and O–H groups in total. The molecule has 0 aromatic carbocycles. The molecule has 2 aliphatic heterocycles. The number of hydrogen-bond donors (Lipinski definition) is 4. The Bertz CT molecular complexity index is 1020. The fourth-order valence-corrected chi connectivity index (χ4v) is 8.12. The molecule has 4 fully saturated rings. The van der Waals surface area contributed by atoms with Crippen LogP contribution in [-0.2, 0) is 28.6 Å². The first-order chi connectivity index (χ1) is 16.2. The molecule has 35 heavy (non-hydrogen) atoms. The third-order valence-corrected chi connectivity index (χ3v) is 9.99. The van der Waals surface area contributed by atoms with Gasteiger partial charge >= 0.3 is 11.9 Å². The Morgan fingerprint density at radius 2 is 1.97 bits per heavy atom. The number of aliphatic hydroxyl groups excluding tert-OH is 2. The largest absolute Gasteiger partial charge is 0.459 e. The van der Waals surface area contributed by atoms with E-state index in [1.54, 1.807) is 27.7 Å². The average Bonchev–Trinajstić information content (AvgIpc) is 3.08. The van der Waals surface area contributed by atoms with Crippen LogP contribution in [0.15, 0.2) is 11.6 Å². The first-order valence-electron chi connectivity index (χ1n) is 12.3. The summed E-state index contributed by atoms with van der Waals surface area (Å²) in [5.41, 5.74) is -3.54. The minimum absolute atomic E-state index is 0.0510. The van der Waals surface area contributed by atoms with Gasteiger partial charge in [0.1, 0.15) is 18.3 Å². The summed E-state index contributed by atoms with van der Waals surface area (Å²) >= 11 is 0. The first kappa shape index (κ1) is 24.8. The second kappa shape index (κ2) is 7.35. The lowest BCUT2D eigenvalue weighted by atomic mass is 9.38. The number of hydrogen-bond acceptors (Lipinski definition) is 10. The highest BCUT2D eigenvalue weighted by Gasteiger charge is 2.83.